The Labute approximate surface area is 90.0 Å². The highest BCUT2D eigenvalue weighted by atomic mass is 35.5. The highest BCUT2D eigenvalue weighted by Gasteiger charge is 2.36. The molecule has 0 aliphatic carbocycles. The van der Waals surface area contributed by atoms with Crippen molar-refractivity contribution in [3.8, 4) is 0 Å². The molecule has 2 rings (SSSR count). The molecule has 80 valence electrons. The molecule has 0 aromatic carbocycles. The third kappa shape index (κ3) is 1.82. The van der Waals surface area contributed by atoms with Crippen molar-refractivity contribution in [1.82, 2.24) is 20.2 Å². The van der Waals surface area contributed by atoms with Gasteiger partial charge in [0.15, 0.2) is 0 Å². The number of amides is 1. The fourth-order valence-corrected chi connectivity index (χ4v) is 1.58. The van der Waals surface area contributed by atoms with E-state index in [0.29, 0.717) is 0 Å². The van der Waals surface area contributed by atoms with Crippen LogP contribution >= 0.6 is 11.6 Å². The van der Waals surface area contributed by atoms with Crippen LogP contribution in [0.4, 0.5) is 5.95 Å². The fraction of sp³-hybridized carbons (Fsp3) is 0.571. The van der Waals surface area contributed by atoms with Crippen LogP contribution in [0.2, 0.25) is 0 Å². The lowest BCUT2D eigenvalue weighted by Crippen LogP contribution is -2.26. The summed E-state index contributed by atoms with van der Waals surface area (Å²) in [6.07, 6.45) is 0.112. The van der Waals surface area contributed by atoms with Crippen LogP contribution in [0.1, 0.15) is 6.42 Å². The number of carbonyl (C=O) groups excluding carboxylic acids is 2. The summed E-state index contributed by atoms with van der Waals surface area (Å²) in [6, 6.07) is 0. The van der Waals surface area contributed by atoms with Crippen LogP contribution in [0.3, 0.4) is 0 Å². The first-order valence-electron chi connectivity index (χ1n) is 4.31. The summed E-state index contributed by atoms with van der Waals surface area (Å²) in [5.74, 6) is -0.465. The van der Waals surface area contributed by atoms with Gasteiger partial charge in [0.2, 0.25) is 11.1 Å². The SMILES string of the molecule is Cn1nnc(N2C[C@H](C(=O)Cl)CC2=O)n1. The van der Waals surface area contributed by atoms with Crippen LogP contribution in [-0.2, 0) is 16.6 Å². The van der Waals surface area contributed by atoms with E-state index in [-0.39, 0.29) is 24.8 Å². The summed E-state index contributed by atoms with van der Waals surface area (Å²) in [5, 5.41) is 10.7. The number of hydrogen-bond donors (Lipinski definition) is 0. The summed E-state index contributed by atoms with van der Waals surface area (Å²) >= 11 is 5.33. The van der Waals surface area contributed by atoms with Crippen LogP contribution in [0.15, 0.2) is 0 Å². The number of anilines is 1. The highest BCUT2D eigenvalue weighted by molar-refractivity contribution is 6.64. The molecule has 0 saturated carbocycles. The molecule has 1 aliphatic heterocycles. The van der Waals surface area contributed by atoms with Crippen molar-refractivity contribution < 1.29 is 9.59 Å². The average Bonchev–Trinajstić information content (AvgIpc) is 2.71. The molecular weight excluding hydrogens is 222 g/mol. The van der Waals surface area contributed by atoms with Crippen molar-refractivity contribution in [1.29, 1.82) is 0 Å². The van der Waals surface area contributed by atoms with E-state index in [2.05, 4.69) is 15.4 Å². The van der Waals surface area contributed by atoms with Gasteiger partial charge >= 0.3 is 0 Å². The van der Waals surface area contributed by atoms with Gasteiger partial charge in [0.05, 0.1) is 13.0 Å². The summed E-state index contributed by atoms with van der Waals surface area (Å²) < 4.78 is 0. The predicted molar refractivity (Wildman–Crippen MR) is 50.1 cm³/mol. The molecule has 1 aliphatic rings. The van der Waals surface area contributed by atoms with Gasteiger partial charge in [0.25, 0.3) is 5.95 Å². The van der Waals surface area contributed by atoms with Gasteiger partial charge < -0.3 is 0 Å². The molecule has 7 nitrogen and oxygen atoms in total. The second kappa shape index (κ2) is 3.58. The Kier molecular flexibility index (Phi) is 2.39. The minimum absolute atomic E-state index is 0.112. The summed E-state index contributed by atoms with van der Waals surface area (Å²) in [5.41, 5.74) is 0. The zero-order valence-corrected chi connectivity index (χ0v) is 8.68. The van der Waals surface area contributed by atoms with Gasteiger partial charge in [-0.15, -0.1) is 5.10 Å². The first-order valence-corrected chi connectivity index (χ1v) is 4.69. The van der Waals surface area contributed by atoms with E-state index in [1.807, 2.05) is 0 Å². The van der Waals surface area contributed by atoms with Crippen LogP contribution in [0.25, 0.3) is 0 Å². The quantitative estimate of drug-likeness (QED) is 0.628. The Hall–Kier alpha value is -1.50. The molecule has 1 saturated heterocycles. The highest BCUT2D eigenvalue weighted by Crippen LogP contribution is 2.22. The van der Waals surface area contributed by atoms with E-state index in [0.717, 1.165) is 0 Å². The van der Waals surface area contributed by atoms with Crippen LogP contribution in [0, 0.1) is 5.92 Å². The Morgan fingerprint density at radius 3 is 2.80 bits per heavy atom. The molecule has 0 spiro atoms. The molecule has 1 atom stereocenters. The minimum Gasteiger partial charge on any atom is -0.281 e. The first kappa shape index (κ1) is 10.0. The molecule has 1 aromatic heterocycles. The van der Waals surface area contributed by atoms with Crippen molar-refractivity contribution in [3.63, 3.8) is 0 Å². The third-order valence-electron chi connectivity index (χ3n) is 2.19. The molecule has 0 unspecified atom stereocenters. The van der Waals surface area contributed by atoms with Gasteiger partial charge in [-0.3, -0.25) is 14.5 Å². The van der Waals surface area contributed by atoms with E-state index in [1.54, 1.807) is 7.05 Å². The lowest BCUT2D eigenvalue weighted by molar-refractivity contribution is -0.120. The van der Waals surface area contributed by atoms with Crippen molar-refractivity contribution in [2.45, 2.75) is 6.42 Å². The van der Waals surface area contributed by atoms with Gasteiger partial charge in [-0.2, -0.15) is 4.80 Å². The number of aryl methyl sites for hydroxylation is 1. The van der Waals surface area contributed by atoms with E-state index in [1.165, 1.54) is 9.70 Å². The largest absolute Gasteiger partial charge is 0.281 e. The fourth-order valence-electron chi connectivity index (χ4n) is 1.44. The Morgan fingerprint density at radius 2 is 2.33 bits per heavy atom. The summed E-state index contributed by atoms with van der Waals surface area (Å²) in [6.45, 7) is 0.229. The van der Waals surface area contributed by atoms with Gasteiger partial charge in [-0.1, -0.05) is 5.10 Å². The average molecular weight is 230 g/mol. The van der Waals surface area contributed by atoms with Crippen molar-refractivity contribution in [2.24, 2.45) is 13.0 Å². The topological polar surface area (TPSA) is 81.0 Å². The van der Waals surface area contributed by atoms with Crippen LogP contribution < -0.4 is 4.90 Å². The van der Waals surface area contributed by atoms with Crippen LogP contribution in [0.5, 0.6) is 0 Å². The second-order valence-corrected chi connectivity index (χ2v) is 3.66. The van der Waals surface area contributed by atoms with Gasteiger partial charge in [-0.25, -0.2) is 0 Å². The minimum atomic E-state index is -0.505. The van der Waals surface area contributed by atoms with E-state index < -0.39 is 11.2 Å². The van der Waals surface area contributed by atoms with E-state index in [9.17, 15) is 9.59 Å². The third-order valence-corrected chi connectivity index (χ3v) is 2.49. The zero-order chi connectivity index (χ0) is 11.0. The van der Waals surface area contributed by atoms with Gasteiger partial charge in [0.1, 0.15) is 0 Å². The normalized spacial score (nSPS) is 21.1. The molecule has 0 N–H and O–H groups in total. The molecular formula is C7H8ClN5O2. The number of halogens is 1. The number of carbonyl (C=O) groups is 2. The Bertz CT molecular complexity index is 417. The lowest BCUT2D eigenvalue weighted by atomic mass is 10.1. The number of nitrogens with zero attached hydrogens (tertiary/aromatic N) is 5. The Balaban J connectivity index is 2.18. The maximum absolute atomic E-state index is 11.5. The van der Waals surface area contributed by atoms with Crippen LogP contribution in [-0.4, -0.2) is 37.9 Å². The van der Waals surface area contributed by atoms with Crippen molar-refractivity contribution >= 4 is 28.7 Å². The van der Waals surface area contributed by atoms with E-state index >= 15 is 0 Å². The molecule has 1 aromatic rings. The Morgan fingerprint density at radius 1 is 1.60 bits per heavy atom. The first-order chi connectivity index (χ1) is 7.08. The predicted octanol–water partition coefficient (Wildman–Crippen LogP) is -0.672. The number of rotatable bonds is 2. The van der Waals surface area contributed by atoms with Crippen molar-refractivity contribution in [2.75, 3.05) is 11.4 Å². The molecule has 2 heterocycles. The monoisotopic (exact) mass is 229 g/mol. The van der Waals surface area contributed by atoms with Crippen molar-refractivity contribution in [3.05, 3.63) is 0 Å². The molecule has 0 radical (unpaired) electrons. The summed E-state index contributed by atoms with van der Waals surface area (Å²) in [4.78, 5) is 25.0. The zero-order valence-electron chi connectivity index (χ0n) is 7.92. The molecule has 1 fully saturated rings. The van der Waals surface area contributed by atoms with E-state index in [4.69, 9.17) is 11.6 Å². The summed E-state index contributed by atoms with van der Waals surface area (Å²) in [7, 11) is 1.60. The molecule has 15 heavy (non-hydrogen) atoms. The molecule has 0 bridgehead atoms. The standard InChI is InChI=1S/C7H8ClN5O2/c1-12-10-7(9-11-12)13-3-4(6(8)15)2-5(13)14/h4H,2-3H2,1H3/t4-/m1/s1. The van der Waals surface area contributed by atoms with Gasteiger partial charge in [0, 0.05) is 13.0 Å². The molecule has 1 amide bonds. The van der Waals surface area contributed by atoms with Gasteiger partial charge in [-0.05, 0) is 16.8 Å². The smallest absolute Gasteiger partial charge is 0.272 e. The second-order valence-electron chi connectivity index (χ2n) is 3.29. The number of hydrogen-bond acceptors (Lipinski definition) is 5. The number of aromatic nitrogens is 4. The molecule has 8 heteroatoms. The number of tetrazole rings is 1. The lowest BCUT2D eigenvalue weighted by Gasteiger charge is -2.09. The maximum Gasteiger partial charge on any atom is 0.272 e. The maximum atomic E-state index is 11.5.